The SMILES string of the molecule is Cl.Cl.NCCCC[C@H](N)C(=O)CCCn1c2c(c3ccccc3c1=O)C(=O)c1ccccc1-2. The highest BCUT2D eigenvalue weighted by atomic mass is 35.5. The molecule has 1 heterocycles. The molecule has 0 saturated carbocycles. The molecule has 6 nitrogen and oxygen atoms in total. The first-order valence-corrected chi connectivity index (χ1v) is 10.8. The van der Waals surface area contributed by atoms with E-state index in [-0.39, 0.29) is 41.9 Å². The van der Waals surface area contributed by atoms with Crippen LogP contribution in [0.1, 0.15) is 48.0 Å². The minimum absolute atomic E-state index is 0. The number of aromatic nitrogens is 1. The van der Waals surface area contributed by atoms with E-state index in [2.05, 4.69) is 0 Å². The molecular weight excluding hydrogens is 461 g/mol. The van der Waals surface area contributed by atoms with Gasteiger partial charge in [-0.1, -0.05) is 48.9 Å². The lowest BCUT2D eigenvalue weighted by atomic mass is 10.0. The molecule has 0 bridgehead atoms. The van der Waals surface area contributed by atoms with Crippen molar-refractivity contribution in [2.45, 2.75) is 44.7 Å². The molecule has 0 fully saturated rings. The number of carbonyl (C=O) groups is 2. The van der Waals surface area contributed by atoms with Crippen molar-refractivity contribution < 1.29 is 9.59 Å². The zero-order valence-corrected chi connectivity index (χ0v) is 19.9. The quantitative estimate of drug-likeness (QED) is 0.347. The summed E-state index contributed by atoms with van der Waals surface area (Å²) in [5.41, 5.74) is 14.0. The van der Waals surface area contributed by atoms with Crippen molar-refractivity contribution in [2.75, 3.05) is 6.54 Å². The molecule has 0 aliphatic heterocycles. The van der Waals surface area contributed by atoms with Gasteiger partial charge in [-0.15, -0.1) is 24.8 Å². The number of benzene rings is 2. The fourth-order valence-electron chi connectivity index (χ4n) is 4.41. The molecule has 1 aliphatic carbocycles. The predicted molar refractivity (Wildman–Crippen MR) is 137 cm³/mol. The van der Waals surface area contributed by atoms with Gasteiger partial charge >= 0.3 is 0 Å². The monoisotopic (exact) mass is 489 g/mol. The first-order valence-electron chi connectivity index (χ1n) is 10.8. The van der Waals surface area contributed by atoms with Gasteiger partial charge in [0.05, 0.1) is 17.3 Å². The Bertz CT molecular complexity index is 1220. The summed E-state index contributed by atoms with van der Waals surface area (Å²) in [6, 6.07) is 14.1. The summed E-state index contributed by atoms with van der Waals surface area (Å²) >= 11 is 0. The van der Waals surface area contributed by atoms with Crippen molar-refractivity contribution in [3.8, 4) is 11.3 Å². The maximum Gasteiger partial charge on any atom is 0.258 e. The summed E-state index contributed by atoms with van der Waals surface area (Å²) in [4.78, 5) is 38.9. The lowest BCUT2D eigenvalue weighted by molar-refractivity contribution is -0.120. The van der Waals surface area contributed by atoms with E-state index in [1.807, 2.05) is 30.3 Å². The van der Waals surface area contributed by atoms with Crippen molar-refractivity contribution in [3.05, 3.63) is 70.0 Å². The molecule has 4 N–H and O–H groups in total. The highest BCUT2D eigenvalue weighted by molar-refractivity contribution is 6.26. The van der Waals surface area contributed by atoms with Crippen molar-refractivity contribution in [1.82, 2.24) is 4.57 Å². The third-order valence-corrected chi connectivity index (χ3v) is 6.02. The van der Waals surface area contributed by atoms with Crippen LogP contribution in [0.4, 0.5) is 0 Å². The van der Waals surface area contributed by atoms with Crippen LogP contribution in [0, 0.1) is 0 Å². The van der Waals surface area contributed by atoms with E-state index in [0.29, 0.717) is 59.9 Å². The number of halogens is 2. The maximum absolute atomic E-state index is 13.3. The standard InChI is InChI=1S/C25H27N3O3.2ClH/c26-14-6-5-12-20(27)21(29)13-7-15-28-23-17-9-2-3-10-18(17)24(30)22(23)16-8-1-4-11-19(16)25(28)31;;/h1-4,8-11,20H,5-7,12-15,26-27H2;2*1H/t20-;;/m0../s1. The number of nitrogens with two attached hydrogens (primary N) is 2. The second kappa shape index (κ2) is 11.6. The Labute approximate surface area is 205 Å². The third-order valence-electron chi connectivity index (χ3n) is 6.02. The van der Waals surface area contributed by atoms with E-state index in [1.54, 1.807) is 22.8 Å². The summed E-state index contributed by atoms with van der Waals surface area (Å²) in [5.74, 6) is -0.0625. The van der Waals surface area contributed by atoms with Crippen molar-refractivity contribution in [2.24, 2.45) is 11.5 Å². The van der Waals surface area contributed by atoms with Gasteiger partial charge < -0.3 is 16.0 Å². The van der Waals surface area contributed by atoms with Gasteiger partial charge in [-0.25, -0.2) is 0 Å². The molecular formula is C25H29Cl2N3O3. The Hall–Kier alpha value is -2.51. The number of Topliss-reactive ketones (excluding diaryl/α,β-unsaturated/α-hetero) is 1. The van der Waals surface area contributed by atoms with E-state index >= 15 is 0 Å². The Morgan fingerprint density at radius 1 is 0.879 bits per heavy atom. The van der Waals surface area contributed by atoms with E-state index < -0.39 is 6.04 Å². The first-order chi connectivity index (χ1) is 15.0. The van der Waals surface area contributed by atoms with Gasteiger partial charge in [-0.2, -0.15) is 0 Å². The Morgan fingerprint density at radius 3 is 2.21 bits per heavy atom. The normalized spacial score (nSPS) is 12.5. The minimum Gasteiger partial charge on any atom is -0.330 e. The zero-order valence-electron chi connectivity index (χ0n) is 18.3. The van der Waals surface area contributed by atoms with Crippen LogP contribution in [0.2, 0.25) is 0 Å². The minimum atomic E-state index is -0.493. The number of rotatable bonds is 9. The molecule has 1 aromatic heterocycles. The molecule has 1 aliphatic rings. The second-order valence-electron chi connectivity index (χ2n) is 8.06. The lowest BCUT2D eigenvalue weighted by Gasteiger charge is -2.15. The molecule has 8 heteroatoms. The van der Waals surface area contributed by atoms with E-state index in [1.165, 1.54) is 0 Å². The molecule has 0 unspecified atom stereocenters. The number of unbranched alkanes of at least 4 members (excludes halogenated alkanes) is 1. The smallest absolute Gasteiger partial charge is 0.258 e. The molecule has 0 radical (unpaired) electrons. The second-order valence-corrected chi connectivity index (χ2v) is 8.06. The van der Waals surface area contributed by atoms with Gasteiger partial charge in [0.25, 0.3) is 5.56 Å². The lowest BCUT2D eigenvalue weighted by Crippen LogP contribution is -2.31. The average Bonchev–Trinajstić information content (AvgIpc) is 3.09. The summed E-state index contributed by atoms with van der Waals surface area (Å²) in [7, 11) is 0. The molecule has 1 atom stereocenters. The Balaban J connectivity index is 0.00000193. The van der Waals surface area contributed by atoms with E-state index in [4.69, 9.17) is 11.5 Å². The van der Waals surface area contributed by atoms with Gasteiger partial charge in [0.2, 0.25) is 0 Å². The zero-order chi connectivity index (χ0) is 22.0. The predicted octanol–water partition coefficient (Wildman–Crippen LogP) is 3.86. The van der Waals surface area contributed by atoms with Crippen LogP contribution in [-0.2, 0) is 11.3 Å². The topological polar surface area (TPSA) is 108 Å². The number of hydrogen-bond acceptors (Lipinski definition) is 5. The van der Waals surface area contributed by atoms with Crippen LogP contribution in [-0.4, -0.2) is 28.7 Å². The van der Waals surface area contributed by atoms with Gasteiger partial charge in [0.1, 0.15) is 5.78 Å². The maximum atomic E-state index is 13.3. The number of ketones is 2. The highest BCUT2D eigenvalue weighted by Gasteiger charge is 2.32. The van der Waals surface area contributed by atoms with Gasteiger partial charge in [-0.05, 0) is 31.9 Å². The average molecular weight is 490 g/mol. The number of hydrogen-bond donors (Lipinski definition) is 2. The Kier molecular flexibility index (Phi) is 9.37. The molecule has 4 rings (SSSR count). The van der Waals surface area contributed by atoms with Crippen molar-refractivity contribution in [3.63, 3.8) is 0 Å². The molecule has 0 saturated heterocycles. The number of nitrogens with zero attached hydrogens (tertiary/aromatic N) is 1. The number of carbonyl (C=O) groups excluding carboxylic acids is 2. The molecule has 176 valence electrons. The van der Waals surface area contributed by atoms with Crippen LogP contribution >= 0.6 is 24.8 Å². The van der Waals surface area contributed by atoms with Crippen LogP contribution in [0.15, 0.2) is 53.3 Å². The Morgan fingerprint density at radius 2 is 1.52 bits per heavy atom. The van der Waals surface area contributed by atoms with Gasteiger partial charge in [-0.3, -0.25) is 14.4 Å². The molecule has 2 aromatic carbocycles. The first kappa shape index (κ1) is 26.7. The number of pyridine rings is 1. The van der Waals surface area contributed by atoms with Crippen LogP contribution < -0.4 is 17.0 Å². The molecule has 33 heavy (non-hydrogen) atoms. The van der Waals surface area contributed by atoms with Crippen molar-refractivity contribution >= 4 is 47.2 Å². The largest absolute Gasteiger partial charge is 0.330 e. The third kappa shape index (κ3) is 5.04. The van der Waals surface area contributed by atoms with Crippen LogP contribution in [0.5, 0.6) is 0 Å². The molecule has 0 amide bonds. The summed E-state index contributed by atoms with van der Waals surface area (Å²) in [6.45, 7) is 0.950. The summed E-state index contributed by atoms with van der Waals surface area (Å²) < 4.78 is 1.66. The van der Waals surface area contributed by atoms with Crippen LogP contribution in [0.3, 0.4) is 0 Å². The fourth-order valence-corrected chi connectivity index (χ4v) is 4.41. The van der Waals surface area contributed by atoms with Crippen molar-refractivity contribution in [1.29, 1.82) is 0 Å². The van der Waals surface area contributed by atoms with Crippen LogP contribution in [0.25, 0.3) is 22.0 Å². The molecule has 3 aromatic rings. The summed E-state index contributed by atoms with van der Waals surface area (Å²) in [5, 5.41) is 1.20. The summed E-state index contributed by atoms with van der Waals surface area (Å²) in [6.07, 6.45) is 3.11. The van der Waals surface area contributed by atoms with Gasteiger partial charge in [0, 0.05) is 34.9 Å². The molecule has 0 spiro atoms. The van der Waals surface area contributed by atoms with E-state index in [9.17, 15) is 14.4 Å². The highest BCUT2D eigenvalue weighted by Crippen LogP contribution is 2.39. The fraction of sp³-hybridized carbons (Fsp3) is 0.320. The van der Waals surface area contributed by atoms with Gasteiger partial charge in [0.15, 0.2) is 5.78 Å². The number of fused-ring (bicyclic) bond motifs is 5. The van der Waals surface area contributed by atoms with E-state index in [0.717, 1.165) is 18.4 Å².